The zero-order valence-corrected chi connectivity index (χ0v) is 14.2. The molecular formula is C20H23FO4. The van der Waals surface area contributed by atoms with Gasteiger partial charge in [0.25, 0.3) is 0 Å². The molecule has 4 nitrogen and oxygen atoms in total. The molecule has 0 atom stereocenters. The summed E-state index contributed by atoms with van der Waals surface area (Å²) in [6, 6.07) is 5.68. The molecule has 0 aliphatic heterocycles. The van der Waals surface area contributed by atoms with Crippen molar-refractivity contribution in [2.24, 2.45) is 23.2 Å². The lowest BCUT2D eigenvalue weighted by atomic mass is 9.49. The standard InChI is InChI=1S/C20H23FO4/c21-17-4-2-1-3-16(17)18(22)24-5-6-25-19(23)20-10-13-7-14(11-20)9-15(8-13)12-20/h1-4,13-15H,5-12H2. The zero-order chi connectivity index (χ0) is 17.4. The van der Waals surface area contributed by atoms with Crippen molar-refractivity contribution in [3.05, 3.63) is 35.6 Å². The first kappa shape index (κ1) is 16.6. The fraction of sp³-hybridized carbons (Fsp3) is 0.600. The van der Waals surface area contributed by atoms with Crippen LogP contribution in [-0.4, -0.2) is 25.2 Å². The van der Waals surface area contributed by atoms with E-state index in [1.54, 1.807) is 6.07 Å². The third-order valence-corrected chi connectivity index (χ3v) is 6.11. The number of hydrogen-bond donors (Lipinski definition) is 0. The van der Waals surface area contributed by atoms with Crippen LogP contribution in [0.3, 0.4) is 0 Å². The van der Waals surface area contributed by atoms with Crippen molar-refractivity contribution in [1.29, 1.82) is 0 Å². The maximum absolute atomic E-state index is 13.5. The molecule has 1 aromatic carbocycles. The van der Waals surface area contributed by atoms with Crippen LogP contribution in [0.15, 0.2) is 24.3 Å². The Kier molecular flexibility index (Phi) is 4.26. The van der Waals surface area contributed by atoms with Gasteiger partial charge in [-0.3, -0.25) is 4.79 Å². The molecular weight excluding hydrogens is 323 g/mol. The summed E-state index contributed by atoms with van der Waals surface area (Å²) in [5.74, 6) is 0.559. The summed E-state index contributed by atoms with van der Waals surface area (Å²) < 4.78 is 24.0. The molecule has 0 heterocycles. The van der Waals surface area contributed by atoms with E-state index in [0.717, 1.165) is 19.3 Å². The maximum atomic E-state index is 13.5. The highest BCUT2D eigenvalue weighted by molar-refractivity contribution is 5.89. The molecule has 0 aromatic heterocycles. The van der Waals surface area contributed by atoms with Gasteiger partial charge in [-0.2, -0.15) is 0 Å². The smallest absolute Gasteiger partial charge is 0.341 e. The van der Waals surface area contributed by atoms with Crippen LogP contribution in [0.4, 0.5) is 4.39 Å². The number of rotatable bonds is 5. The molecule has 134 valence electrons. The van der Waals surface area contributed by atoms with E-state index < -0.39 is 11.8 Å². The number of carbonyl (C=O) groups excluding carboxylic acids is 2. The van der Waals surface area contributed by atoms with Crippen LogP contribution in [0.25, 0.3) is 0 Å². The van der Waals surface area contributed by atoms with E-state index in [1.807, 2.05) is 0 Å². The lowest BCUT2D eigenvalue weighted by Crippen LogP contribution is -2.50. The summed E-state index contributed by atoms with van der Waals surface area (Å²) in [4.78, 5) is 24.5. The van der Waals surface area contributed by atoms with E-state index in [9.17, 15) is 14.0 Å². The summed E-state index contributed by atoms with van der Waals surface area (Å²) in [7, 11) is 0. The van der Waals surface area contributed by atoms with Gasteiger partial charge in [-0.25, -0.2) is 9.18 Å². The van der Waals surface area contributed by atoms with Gasteiger partial charge >= 0.3 is 11.9 Å². The number of carbonyl (C=O) groups is 2. The van der Waals surface area contributed by atoms with Crippen molar-refractivity contribution in [2.45, 2.75) is 38.5 Å². The molecule has 4 aliphatic carbocycles. The van der Waals surface area contributed by atoms with Crippen molar-refractivity contribution in [2.75, 3.05) is 13.2 Å². The molecule has 0 radical (unpaired) electrons. The fourth-order valence-electron chi connectivity index (χ4n) is 5.49. The van der Waals surface area contributed by atoms with Crippen LogP contribution in [-0.2, 0) is 14.3 Å². The maximum Gasteiger partial charge on any atom is 0.341 e. The summed E-state index contributed by atoms with van der Waals surface area (Å²) >= 11 is 0. The number of hydrogen-bond acceptors (Lipinski definition) is 4. The Morgan fingerprint density at radius 1 is 0.960 bits per heavy atom. The predicted molar refractivity (Wildman–Crippen MR) is 88.2 cm³/mol. The fourth-order valence-corrected chi connectivity index (χ4v) is 5.49. The van der Waals surface area contributed by atoms with E-state index in [-0.39, 0.29) is 30.2 Å². The minimum absolute atomic E-state index is 0.0285. The zero-order valence-electron chi connectivity index (χ0n) is 14.2. The van der Waals surface area contributed by atoms with E-state index in [2.05, 4.69) is 0 Å². The number of ether oxygens (including phenoxy) is 2. The summed E-state index contributed by atoms with van der Waals surface area (Å²) in [6.07, 6.45) is 6.67. The highest BCUT2D eigenvalue weighted by atomic mass is 19.1. The van der Waals surface area contributed by atoms with Crippen molar-refractivity contribution in [3.8, 4) is 0 Å². The minimum atomic E-state index is -0.732. The van der Waals surface area contributed by atoms with Gasteiger partial charge in [0, 0.05) is 0 Å². The lowest BCUT2D eigenvalue weighted by Gasteiger charge is -2.55. The molecule has 0 spiro atoms. The first-order chi connectivity index (χ1) is 12.1. The Labute approximate surface area is 146 Å². The van der Waals surface area contributed by atoms with Crippen LogP contribution < -0.4 is 0 Å². The van der Waals surface area contributed by atoms with Gasteiger partial charge in [0.1, 0.15) is 19.0 Å². The third-order valence-electron chi connectivity index (χ3n) is 6.11. The minimum Gasteiger partial charge on any atom is -0.462 e. The van der Waals surface area contributed by atoms with Gasteiger partial charge < -0.3 is 9.47 Å². The Morgan fingerprint density at radius 3 is 2.12 bits per heavy atom. The van der Waals surface area contributed by atoms with Crippen LogP contribution in [0.1, 0.15) is 48.9 Å². The molecule has 5 heteroatoms. The Morgan fingerprint density at radius 2 is 1.52 bits per heavy atom. The number of halogens is 1. The van der Waals surface area contributed by atoms with E-state index >= 15 is 0 Å². The quantitative estimate of drug-likeness (QED) is 0.602. The molecule has 0 saturated heterocycles. The second kappa shape index (κ2) is 6.43. The van der Waals surface area contributed by atoms with Crippen molar-refractivity contribution < 1.29 is 23.5 Å². The number of esters is 2. The molecule has 0 amide bonds. The molecule has 4 aliphatic rings. The Bertz CT molecular complexity index is 649. The van der Waals surface area contributed by atoms with Gasteiger partial charge in [0.15, 0.2) is 0 Å². The second-order valence-corrected chi connectivity index (χ2v) is 7.95. The molecule has 4 saturated carbocycles. The summed E-state index contributed by atoms with van der Waals surface area (Å²) in [6.45, 7) is -0.0218. The van der Waals surface area contributed by atoms with Gasteiger partial charge in [0.05, 0.1) is 11.0 Å². The highest BCUT2D eigenvalue weighted by Crippen LogP contribution is 2.60. The average molecular weight is 346 g/mol. The Balaban J connectivity index is 1.27. The van der Waals surface area contributed by atoms with E-state index in [4.69, 9.17) is 9.47 Å². The van der Waals surface area contributed by atoms with Crippen LogP contribution in [0.5, 0.6) is 0 Å². The van der Waals surface area contributed by atoms with Crippen molar-refractivity contribution in [3.63, 3.8) is 0 Å². The van der Waals surface area contributed by atoms with Crippen molar-refractivity contribution >= 4 is 11.9 Å². The topological polar surface area (TPSA) is 52.6 Å². The molecule has 5 rings (SSSR count). The molecule has 1 aromatic rings. The predicted octanol–water partition coefficient (Wildman–Crippen LogP) is 3.74. The van der Waals surface area contributed by atoms with Gasteiger partial charge in [-0.15, -0.1) is 0 Å². The number of benzene rings is 1. The molecule has 4 fully saturated rings. The molecule has 0 N–H and O–H groups in total. The molecule has 25 heavy (non-hydrogen) atoms. The highest BCUT2D eigenvalue weighted by Gasteiger charge is 2.55. The molecule has 0 unspecified atom stereocenters. The van der Waals surface area contributed by atoms with E-state index in [1.165, 1.54) is 37.5 Å². The Hall–Kier alpha value is -1.91. The first-order valence-electron chi connectivity index (χ1n) is 9.15. The SMILES string of the molecule is O=C(OCCOC(=O)C12CC3CC(CC(C3)C1)C2)c1ccccc1F. The van der Waals surface area contributed by atoms with Gasteiger partial charge in [-0.1, -0.05) is 12.1 Å². The third kappa shape index (κ3) is 3.16. The van der Waals surface area contributed by atoms with Crippen LogP contribution in [0.2, 0.25) is 0 Å². The first-order valence-corrected chi connectivity index (χ1v) is 9.15. The second-order valence-electron chi connectivity index (χ2n) is 7.95. The lowest BCUT2D eigenvalue weighted by molar-refractivity contribution is -0.172. The van der Waals surface area contributed by atoms with Crippen LogP contribution in [0, 0.1) is 29.0 Å². The summed E-state index contributed by atoms with van der Waals surface area (Å²) in [5, 5.41) is 0. The normalized spacial score (nSPS) is 32.4. The van der Waals surface area contributed by atoms with Crippen LogP contribution >= 0.6 is 0 Å². The molecule has 4 bridgehead atoms. The van der Waals surface area contributed by atoms with Crippen molar-refractivity contribution in [1.82, 2.24) is 0 Å². The summed E-state index contributed by atoms with van der Waals surface area (Å²) in [5.41, 5.74) is -0.403. The van der Waals surface area contributed by atoms with Gasteiger partial charge in [-0.05, 0) is 68.4 Å². The van der Waals surface area contributed by atoms with E-state index in [0.29, 0.717) is 17.8 Å². The largest absolute Gasteiger partial charge is 0.462 e. The van der Waals surface area contributed by atoms with Gasteiger partial charge in [0.2, 0.25) is 0 Å². The average Bonchev–Trinajstić information content (AvgIpc) is 2.57. The monoisotopic (exact) mass is 346 g/mol.